The highest BCUT2D eigenvalue weighted by molar-refractivity contribution is 7.90. The summed E-state index contributed by atoms with van der Waals surface area (Å²) in [5.74, 6) is 0. The van der Waals surface area contributed by atoms with E-state index in [4.69, 9.17) is 0 Å². The Morgan fingerprint density at radius 2 is 1.75 bits per heavy atom. The van der Waals surface area contributed by atoms with Crippen molar-refractivity contribution in [1.82, 2.24) is 4.57 Å². The maximum Gasteiger partial charge on any atom is 0.175 e. The van der Waals surface area contributed by atoms with Gasteiger partial charge in [-0.05, 0) is 54.1 Å². The minimum absolute atomic E-state index is 0.0182. The van der Waals surface area contributed by atoms with Crippen LogP contribution in [0.25, 0.3) is 10.9 Å². The summed E-state index contributed by atoms with van der Waals surface area (Å²) in [6, 6.07) is 13.1. The molecule has 2 aromatic carbocycles. The Hall–Kier alpha value is -2.11. The topological polar surface area (TPSA) is 59.3 Å². The van der Waals surface area contributed by atoms with Gasteiger partial charge in [0.2, 0.25) is 0 Å². The van der Waals surface area contributed by atoms with Crippen LogP contribution in [-0.2, 0) is 16.4 Å². The highest BCUT2D eigenvalue weighted by Gasteiger charge is 2.15. The summed E-state index contributed by atoms with van der Waals surface area (Å²) in [5.41, 5.74) is 4.12. The van der Waals surface area contributed by atoms with Crippen LogP contribution < -0.4 is 0 Å². The van der Waals surface area contributed by atoms with Gasteiger partial charge in [0.25, 0.3) is 0 Å². The van der Waals surface area contributed by atoms with E-state index in [2.05, 4.69) is 17.6 Å². The number of aliphatic hydroxyl groups is 1. The highest BCUT2D eigenvalue weighted by atomic mass is 32.2. The molecule has 4 nitrogen and oxygen atoms in total. The summed E-state index contributed by atoms with van der Waals surface area (Å²) in [6.45, 7) is 4.12. The van der Waals surface area contributed by atoms with Crippen LogP contribution in [-0.4, -0.2) is 24.3 Å². The van der Waals surface area contributed by atoms with Crippen LogP contribution >= 0.6 is 0 Å². The zero-order valence-corrected chi connectivity index (χ0v) is 14.8. The van der Waals surface area contributed by atoms with Crippen LogP contribution in [0, 0.1) is 6.92 Å². The van der Waals surface area contributed by atoms with E-state index in [1.54, 1.807) is 12.1 Å². The Morgan fingerprint density at radius 1 is 1.08 bits per heavy atom. The van der Waals surface area contributed by atoms with Crippen molar-refractivity contribution in [2.45, 2.75) is 31.4 Å². The maximum absolute atomic E-state index is 11.6. The van der Waals surface area contributed by atoms with Crippen LogP contribution in [0.1, 0.15) is 29.7 Å². The van der Waals surface area contributed by atoms with E-state index in [0.29, 0.717) is 4.90 Å². The second-order valence-corrected chi connectivity index (χ2v) is 8.20. The Labute approximate surface area is 142 Å². The van der Waals surface area contributed by atoms with E-state index in [-0.39, 0.29) is 12.6 Å². The molecule has 0 fully saturated rings. The lowest BCUT2D eigenvalue weighted by Crippen LogP contribution is -2.07. The third-order valence-corrected chi connectivity index (χ3v) is 5.75. The highest BCUT2D eigenvalue weighted by Crippen LogP contribution is 2.29. The first-order chi connectivity index (χ1) is 11.3. The van der Waals surface area contributed by atoms with Crippen molar-refractivity contribution < 1.29 is 13.5 Å². The van der Waals surface area contributed by atoms with Crippen molar-refractivity contribution in [3.8, 4) is 0 Å². The summed E-state index contributed by atoms with van der Waals surface area (Å²) < 4.78 is 25.4. The summed E-state index contributed by atoms with van der Waals surface area (Å²) >= 11 is 0. The largest absolute Gasteiger partial charge is 0.392 e. The third kappa shape index (κ3) is 2.85. The van der Waals surface area contributed by atoms with E-state index >= 15 is 0 Å². The fourth-order valence-electron chi connectivity index (χ4n) is 3.12. The molecule has 0 saturated heterocycles. The Balaban J connectivity index is 2.07. The number of sulfone groups is 1. The number of benzene rings is 2. The van der Waals surface area contributed by atoms with Gasteiger partial charge >= 0.3 is 0 Å². The molecule has 0 amide bonds. The number of hydrogen-bond acceptors (Lipinski definition) is 3. The van der Waals surface area contributed by atoms with Crippen molar-refractivity contribution >= 4 is 20.7 Å². The normalized spacial score (nSPS) is 13.3. The molecule has 0 aliphatic rings. The molecule has 0 aliphatic carbocycles. The van der Waals surface area contributed by atoms with Crippen molar-refractivity contribution in [3.63, 3.8) is 0 Å². The molecule has 5 heteroatoms. The molecule has 1 unspecified atom stereocenters. The maximum atomic E-state index is 11.6. The van der Waals surface area contributed by atoms with Gasteiger partial charge < -0.3 is 9.67 Å². The van der Waals surface area contributed by atoms with E-state index in [1.165, 1.54) is 6.26 Å². The standard InChI is InChI=1S/C19H21NO3S/c1-13-17(12-21)5-4-16-10-11-20(19(13)16)14(2)15-6-8-18(9-7-15)24(3,22)23/h4-11,14,21H,12H2,1-3H3. The summed E-state index contributed by atoms with van der Waals surface area (Å²) in [7, 11) is -3.18. The molecule has 0 aliphatic heterocycles. The molecule has 3 rings (SSSR count). The van der Waals surface area contributed by atoms with Gasteiger partial charge in [-0.2, -0.15) is 0 Å². The number of nitrogens with zero attached hydrogens (tertiary/aromatic N) is 1. The molecule has 1 aromatic heterocycles. The van der Waals surface area contributed by atoms with Gasteiger partial charge in [0.1, 0.15) is 0 Å². The smallest absolute Gasteiger partial charge is 0.175 e. The zero-order chi connectivity index (χ0) is 17.5. The Bertz CT molecular complexity index is 985. The monoisotopic (exact) mass is 343 g/mol. The molecule has 126 valence electrons. The first kappa shape index (κ1) is 16.7. The fraction of sp³-hybridized carbons (Fsp3) is 0.263. The number of aryl methyl sites for hydroxylation is 1. The van der Waals surface area contributed by atoms with Gasteiger partial charge in [-0.1, -0.05) is 24.3 Å². The molecule has 1 atom stereocenters. The van der Waals surface area contributed by atoms with Crippen LogP contribution in [0.4, 0.5) is 0 Å². The van der Waals surface area contributed by atoms with Crippen molar-refractivity contribution in [2.24, 2.45) is 0 Å². The lowest BCUT2D eigenvalue weighted by molar-refractivity contribution is 0.281. The van der Waals surface area contributed by atoms with E-state index < -0.39 is 9.84 Å². The Morgan fingerprint density at radius 3 is 2.33 bits per heavy atom. The quantitative estimate of drug-likeness (QED) is 0.789. The summed E-state index contributed by atoms with van der Waals surface area (Å²) in [4.78, 5) is 0.328. The lowest BCUT2D eigenvalue weighted by atomic mass is 10.0. The number of hydrogen-bond donors (Lipinski definition) is 1. The van der Waals surface area contributed by atoms with Crippen LogP contribution in [0.2, 0.25) is 0 Å². The number of fused-ring (bicyclic) bond motifs is 1. The van der Waals surface area contributed by atoms with Gasteiger partial charge in [-0.15, -0.1) is 0 Å². The van der Waals surface area contributed by atoms with E-state index in [9.17, 15) is 13.5 Å². The molecule has 0 radical (unpaired) electrons. The van der Waals surface area contributed by atoms with Gasteiger partial charge in [-0.25, -0.2) is 8.42 Å². The molecular formula is C19H21NO3S. The molecular weight excluding hydrogens is 322 g/mol. The molecule has 3 aromatic rings. The Kier molecular flexibility index (Phi) is 4.24. The number of aromatic nitrogens is 1. The minimum atomic E-state index is -3.18. The van der Waals surface area contributed by atoms with E-state index in [0.717, 1.165) is 27.6 Å². The van der Waals surface area contributed by atoms with E-state index in [1.807, 2.05) is 37.4 Å². The van der Waals surface area contributed by atoms with Crippen LogP contribution in [0.3, 0.4) is 0 Å². The summed E-state index contributed by atoms with van der Waals surface area (Å²) in [5, 5.41) is 10.6. The lowest BCUT2D eigenvalue weighted by Gasteiger charge is -2.18. The predicted molar refractivity (Wildman–Crippen MR) is 96.0 cm³/mol. The van der Waals surface area contributed by atoms with Gasteiger partial charge in [0, 0.05) is 12.5 Å². The van der Waals surface area contributed by atoms with Gasteiger partial charge in [0.05, 0.1) is 23.1 Å². The number of aliphatic hydroxyl groups excluding tert-OH is 1. The van der Waals surface area contributed by atoms with Crippen molar-refractivity contribution in [1.29, 1.82) is 0 Å². The molecule has 24 heavy (non-hydrogen) atoms. The molecule has 0 spiro atoms. The molecule has 1 heterocycles. The van der Waals surface area contributed by atoms with Crippen molar-refractivity contribution in [3.05, 3.63) is 65.4 Å². The molecule has 1 N–H and O–H groups in total. The van der Waals surface area contributed by atoms with Gasteiger partial charge in [0.15, 0.2) is 9.84 Å². The average molecular weight is 343 g/mol. The van der Waals surface area contributed by atoms with Gasteiger partial charge in [-0.3, -0.25) is 0 Å². The van der Waals surface area contributed by atoms with Crippen LogP contribution in [0.5, 0.6) is 0 Å². The zero-order valence-electron chi connectivity index (χ0n) is 14.0. The first-order valence-electron chi connectivity index (χ1n) is 7.83. The SMILES string of the molecule is Cc1c(CO)ccc2ccn(C(C)c3ccc(S(C)(=O)=O)cc3)c12. The minimum Gasteiger partial charge on any atom is -0.392 e. The number of rotatable bonds is 4. The molecule has 0 saturated carbocycles. The first-order valence-corrected chi connectivity index (χ1v) is 9.72. The fourth-order valence-corrected chi connectivity index (χ4v) is 3.75. The predicted octanol–water partition coefficient (Wildman–Crippen LogP) is 3.45. The van der Waals surface area contributed by atoms with Crippen molar-refractivity contribution in [2.75, 3.05) is 6.26 Å². The molecule has 0 bridgehead atoms. The van der Waals surface area contributed by atoms with Crippen LogP contribution in [0.15, 0.2) is 53.6 Å². The second-order valence-electron chi connectivity index (χ2n) is 6.19. The average Bonchev–Trinajstić information content (AvgIpc) is 2.99. The third-order valence-electron chi connectivity index (χ3n) is 4.63. The summed E-state index contributed by atoms with van der Waals surface area (Å²) in [6.07, 6.45) is 3.25. The second kappa shape index (κ2) is 6.07.